The maximum atomic E-state index is 13.3. The van der Waals surface area contributed by atoms with E-state index in [0.29, 0.717) is 19.4 Å². The summed E-state index contributed by atoms with van der Waals surface area (Å²) in [6.07, 6.45) is 2.64. The van der Waals surface area contributed by atoms with Gasteiger partial charge in [0.15, 0.2) is 0 Å². The third kappa shape index (κ3) is 4.47. The van der Waals surface area contributed by atoms with Crippen LogP contribution in [-0.2, 0) is 26.0 Å². The minimum absolute atomic E-state index is 0.0125. The van der Waals surface area contributed by atoms with E-state index in [1.165, 1.54) is 23.5 Å². The van der Waals surface area contributed by atoms with Gasteiger partial charge in [-0.25, -0.2) is 13.2 Å². The van der Waals surface area contributed by atoms with Crippen LogP contribution in [0.2, 0.25) is 0 Å². The summed E-state index contributed by atoms with van der Waals surface area (Å²) < 4.78 is 37.9. The van der Waals surface area contributed by atoms with Crippen LogP contribution >= 0.6 is 0 Å². The fourth-order valence-corrected chi connectivity index (χ4v) is 6.25. The van der Waals surface area contributed by atoms with Crippen molar-refractivity contribution in [2.24, 2.45) is 5.92 Å². The second-order valence-corrected chi connectivity index (χ2v) is 10.2. The number of rotatable bonds is 5. The largest absolute Gasteiger partial charge is 0.497 e. The van der Waals surface area contributed by atoms with Gasteiger partial charge in [-0.05, 0) is 61.6 Å². The number of nitrogens with zero attached hydrogens (tertiary/aromatic N) is 2. The molecule has 1 amide bonds. The Hall–Kier alpha value is -2.91. The molecule has 33 heavy (non-hydrogen) atoms. The summed E-state index contributed by atoms with van der Waals surface area (Å²) in [5, 5.41) is 0. The van der Waals surface area contributed by atoms with Gasteiger partial charge in [-0.15, -0.1) is 0 Å². The summed E-state index contributed by atoms with van der Waals surface area (Å²) in [5.74, 6) is -0.137. The van der Waals surface area contributed by atoms with Crippen LogP contribution in [0.3, 0.4) is 0 Å². The highest BCUT2D eigenvalue weighted by molar-refractivity contribution is 7.89. The predicted molar refractivity (Wildman–Crippen MR) is 123 cm³/mol. The van der Waals surface area contributed by atoms with Crippen LogP contribution in [0.15, 0.2) is 47.4 Å². The van der Waals surface area contributed by atoms with Crippen LogP contribution in [0.4, 0.5) is 5.69 Å². The molecule has 0 aliphatic carbocycles. The molecular weight excluding hydrogens is 444 g/mol. The highest BCUT2D eigenvalue weighted by Gasteiger charge is 2.36. The first-order valence-electron chi connectivity index (χ1n) is 11.0. The number of carbonyl (C=O) groups excluding carboxylic acids is 2. The Morgan fingerprint density at radius 2 is 1.73 bits per heavy atom. The lowest BCUT2D eigenvalue weighted by Gasteiger charge is -2.36. The number of hydrogen-bond acceptors (Lipinski definition) is 6. The zero-order chi connectivity index (χ0) is 23.6. The van der Waals surface area contributed by atoms with Gasteiger partial charge >= 0.3 is 5.97 Å². The highest BCUT2D eigenvalue weighted by Crippen LogP contribution is 2.34. The quantitative estimate of drug-likeness (QED) is 0.622. The lowest BCUT2D eigenvalue weighted by atomic mass is 9.94. The van der Waals surface area contributed by atoms with Crippen molar-refractivity contribution in [1.29, 1.82) is 0 Å². The van der Waals surface area contributed by atoms with Gasteiger partial charge in [0.1, 0.15) is 5.75 Å². The maximum Gasteiger partial charge on any atom is 0.339 e. The van der Waals surface area contributed by atoms with Gasteiger partial charge in [0, 0.05) is 31.2 Å². The molecule has 9 heteroatoms. The second-order valence-electron chi connectivity index (χ2n) is 8.25. The molecule has 2 aliphatic heterocycles. The van der Waals surface area contributed by atoms with Gasteiger partial charge in [0.2, 0.25) is 15.9 Å². The molecule has 176 valence electrons. The van der Waals surface area contributed by atoms with Crippen LogP contribution in [0, 0.1) is 5.92 Å². The van der Waals surface area contributed by atoms with Crippen LogP contribution in [0.5, 0.6) is 5.75 Å². The number of hydrogen-bond donors (Lipinski definition) is 0. The van der Waals surface area contributed by atoms with Crippen molar-refractivity contribution in [3.63, 3.8) is 0 Å². The van der Waals surface area contributed by atoms with Crippen molar-refractivity contribution in [3.05, 3.63) is 53.6 Å². The van der Waals surface area contributed by atoms with Gasteiger partial charge in [-0.1, -0.05) is 12.1 Å². The van der Waals surface area contributed by atoms with Gasteiger partial charge in [0.25, 0.3) is 0 Å². The Balaban J connectivity index is 1.48. The molecule has 4 rings (SSSR count). The fourth-order valence-electron chi connectivity index (χ4n) is 4.60. The summed E-state index contributed by atoms with van der Waals surface area (Å²) in [6.45, 7) is 1.10. The number of ether oxygens (including phenoxy) is 2. The monoisotopic (exact) mass is 472 g/mol. The van der Waals surface area contributed by atoms with E-state index in [1.54, 1.807) is 19.2 Å². The zero-order valence-electron chi connectivity index (χ0n) is 18.8. The molecule has 2 aromatic rings. The molecule has 0 atom stereocenters. The number of benzene rings is 2. The first kappa shape index (κ1) is 23.3. The second kappa shape index (κ2) is 9.52. The van der Waals surface area contributed by atoms with Crippen LogP contribution in [-0.4, -0.2) is 58.5 Å². The summed E-state index contributed by atoms with van der Waals surface area (Å²) in [7, 11) is -1.04. The molecule has 1 saturated heterocycles. The van der Waals surface area contributed by atoms with Gasteiger partial charge in [-0.3, -0.25) is 4.79 Å². The van der Waals surface area contributed by atoms with Crippen molar-refractivity contribution in [2.45, 2.75) is 30.6 Å². The molecule has 0 N–H and O–H groups in total. The molecule has 0 saturated carbocycles. The molecule has 1 fully saturated rings. The van der Waals surface area contributed by atoms with E-state index < -0.39 is 16.0 Å². The molecular formula is C24H28N2O6S. The van der Waals surface area contributed by atoms with Gasteiger partial charge < -0.3 is 14.4 Å². The summed E-state index contributed by atoms with van der Waals surface area (Å²) >= 11 is 0. The third-order valence-corrected chi connectivity index (χ3v) is 8.34. The Kier molecular flexibility index (Phi) is 6.71. The topological polar surface area (TPSA) is 93.2 Å². The Bertz CT molecular complexity index is 1160. The van der Waals surface area contributed by atoms with E-state index in [-0.39, 0.29) is 35.4 Å². The number of anilines is 1. The molecule has 2 heterocycles. The molecule has 0 bridgehead atoms. The van der Waals surface area contributed by atoms with Crippen molar-refractivity contribution >= 4 is 27.6 Å². The number of aryl methyl sites for hydroxylation is 1. The normalized spacial score (nSPS) is 17.3. The maximum absolute atomic E-state index is 13.3. The average Bonchev–Trinajstić information content (AvgIpc) is 2.87. The molecule has 8 nitrogen and oxygen atoms in total. The fraction of sp³-hybridized carbons (Fsp3) is 0.417. The smallest absolute Gasteiger partial charge is 0.339 e. The number of carbonyl (C=O) groups is 2. The minimum Gasteiger partial charge on any atom is -0.497 e. The van der Waals surface area contributed by atoms with Crippen molar-refractivity contribution in [1.82, 2.24) is 4.31 Å². The molecule has 0 aromatic heterocycles. The average molecular weight is 473 g/mol. The van der Waals surface area contributed by atoms with Crippen molar-refractivity contribution in [2.75, 3.05) is 38.8 Å². The molecule has 0 unspecified atom stereocenters. The molecule has 2 aromatic carbocycles. The van der Waals surface area contributed by atoms with Gasteiger partial charge in [0.05, 0.1) is 24.7 Å². The first-order chi connectivity index (χ1) is 15.9. The molecule has 2 aliphatic rings. The first-order valence-corrected chi connectivity index (χ1v) is 12.5. The number of methoxy groups -OCH3 is 2. The third-order valence-electron chi connectivity index (χ3n) is 6.38. The Labute approximate surface area is 194 Å². The summed E-state index contributed by atoms with van der Waals surface area (Å²) in [6, 6.07) is 11.8. The van der Waals surface area contributed by atoms with Crippen LogP contribution in [0.1, 0.15) is 35.2 Å². The highest BCUT2D eigenvalue weighted by atomic mass is 32.2. The van der Waals surface area contributed by atoms with E-state index in [0.717, 1.165) is 29.8 Å². The zero-order valence-corrected chi connectivity index (χ0v) is 19.6. The number of esters is 1. The summed E-state index contributed by atoms with van der Waals surface area (Å²) in [4.78, 5) is 27.2. The van der Waals surface area contributed by atoms with E-state index in [1.807, 2.05) is 23.1 Å². The SMILES string of the molecule is COC(=O)c1ccccc1S(=O)(=O)N1CCC(C(=O)N2CCCc3cc(OC)ccc32)CC1. The van der Waals surface area contributed by atoms with E-state index in [9.17, 15) is 18.0 Å². The standard InChI is InChI=1S/C24H28N2O6S/c1-31-19-9-10-21-18(16-19)6-5-13-26(21)23(27)17-11-14-25(15-12-17)33(29,30)22-8-4-3-7-20(22)24(28)32-2/h3-4,7-10,16-17H,5-6,11-15H2,1-2H3. The van der Waals surface area contributed by atoms with E-state index >= 15 is 0 Å². The number of sulfonamides is 1. The lowest BCUT2D eigenvalue weighted by Crippen LogP contribution is -2.46. The number of piperidine rings is 1. The summed E-state index contributed by atoms with van der Waals surface area (Å²) in [5.41, 5.74) is 2.01. The predicted octanol–water partition coefficient (Wildman–Crippen LogP) is 2.86. The van der Waals surface area contributed by atoms with Gasteiger partial charge in [-0.2, -0.15) is 4.31 Å². The molecule has 0 radical (unpaired) electrons. The van der Waals surface area contributed by atoms with E-state index in [4.69, 9.17) is 9.47 Å². The lowest BCUT2D eigenvalue weighted by molar-refractivity contribution is -0.123. The van der Waals surface area contributed by atoms with Crippen LogP contribution in [0.25, 0.3) is 0 Å². The minimum atomic E-state index is -3.88. The number of fused-ring (bicyclic) bond motifs is 1. The van der Waals surface area contributed by atoms with E-state index in [2.05, 4.69) is 0 Å². The van der Waals surface area contributed by atoms with Crippen molar-refractivity contribution < 1.29 is 27.5 Å². The van der Waals surface area contributed by atoms with Crippen molar-refractivity contribution in [3.8, 4) is 5.75 Å². The molecule has 0 spiro atoms. The Morgan fingerprint density at radius 1 is 1.00 bits per heavy atom. The number of amides is 1. The van der Waals surface area contributed by atoms with Crippen LogP contribution < -0.4 is 9.64 Å². The Morgan fingerprint density at radius 3 is 2.42 bits per heavy atom.